The van der Waals surface area contributed by atoms with Gasteiger partial charge >= 0.3 is 0 Å². The number of H-pyrrole nitrogens is 1. The lowest BCUT2D eigenvalue weighted by atomic mass is 10.3. The molecule has 0 aliphatic carbocycles. The number of hydrogen-bond donors (Lipinski definition) is 1. The molecule has 0 spiro atoms. The molecule has 0 radical (unpaired) electrons. The Morgan fingerprint density at radius 2 is 1.05 bits per heavy atom. The van der Waals surface area contributed by atoms with Gasteiger partial charge in [0.2, 0.25) is 0 Å². The van der Waals surface area contributed by atoms with Crippen molar-refractivity contribution in [1.29, 1.82) is 0 Å². The van der Waals surface area contributed by atoms with Crippen LogP contribution in [0.3, 0.4) is 0 Å². The third-order valence-corrected chi connectivity index (χ3v) is 2.94. The Hall–Kier alpha value is -2.46. The van der Waals surface area contributed by atoms with Gasteiger partial charge in [0.1, 0.15) is 11.0 Å². The molecule has 100 valence electrons. The van der Waals surface area contributed by atoms with Gasteiger partial charge in [0.15, 0.2) is 0 Å². The van der Waals surface area contributed by atoms with Crippen LogP contribution in [-0.4, -0.2) is 15.4 Å². The minimum Gasteiger partial charge on any atom is -0.197 e. The lowest BCUT2D eigenvalue weighted by Gasteiger charge is -1.78. The summed E-state index contributed by atoms with van der Waals surface area (Å²) in [7, 11) is 0. The fourth-order valence-corrected chi connectivity index (χ4v) is 1.85. The molecule has 0 saturated heterocycles. The molecule has 2 heterocycles. The Bertz CT molecular complexity index is 601. The smallest absolute Gasteiger partial charge is 0.112 e. The lowest BCUT2D eigenvalue weighted by molar-refractivity contribution is 0.959. The molecule has 1 N–H and O–H groups in total. The molecule has 0 aliphatic heterocycles. The van der Waals surface area contributed by atoms with Crippen molar-refractivity contribution in [1.82, 2.24) is 15.4 Å². The number of rotatable bonds is 0. The maximum atomic E-state index is 3.88. The van der Waals surface area contributed by atoms with Crippen LogP contribution in [-0.2, 0) is 0 Å². The van der Waals surface area contributed by atoms with Crippen LogP contribution < -0.4 is 0 Å². The summed E-state index contributed by atoms with van der Waals surface area (Å²) in [5.41, 5.74) is 1.83. The first-order valence-electron chi connectivity index (χ1n) is 6.19. The normalized spacial score (nSPS) is 9.00. The van der Waals surface area contributed by atoms with Gasteiger partial charge in [0, 0.05) is 0 Å². The highest BCUT2D eigenvalue weighted by atomic mass is 32.1. The number of aromatic amines is 1. The third kappa shape index (κ3) is 5.04. The first-order valence-corrected chi connectivity index (χ1v) is 7.14. The van der Waals surface area contributed by atoms with Crippen molar-refractivity contribution in [2.45, 2.75) is 0 Å². The van der Waals surface area contributed by atoms with Crippen molar-refractivity contribution in [3.63, 3.8) is 0 Å². The zero-order valence-electron chi connectivity index (χ0n) is 10.9. The van der Waals surface area contributed by atoms with Gasteiger partial charge in [-0.3, -0.25) is 0 Å². The van der Waals surface area contributed by atoms with Crippen molar-refractivity contribution in [3.05, 3.63) is 83.6 Å². The minimum atomic E-state index is 0.914. The van der Waals surface area contributed by atoms with Crippen LogP contribution in [0.4, 0.5) is 0 Å². The Balaban J connectivity index is 0.000000117. The van der Waals surface area contributed by atoms with E-state index in [4.69, 9.17) is 0 Å². The Labute approximate surface area is 121 Å². The Morgan fingerprint density at radius 3 is 1.40 bits per heavy atom. The predicted molar refractivity (Wildman–Crippen MR) is 84.6 cm³/mol. The monoisotopic (exact) mass is 281 g/mol. The number of hydrogen-bond acceptors (Lipinski definition) is 3. The van der Waals surface area contributed by atoms with E-state index in [0.29, 0.717) is 0 Å². The molecule has 0 fully saturated rings. The summed E-state index contributed by atoms with van der Waals surface area (Å²) < 4.78 is 0. The molecule has 2 aromatic carbocycles. The highest BCUT2D eigenvalue weighted by molar-refractivity contribution is 7.07. The summed E-state index contributed by atoms with van der Waals surface area (Å²) in [5.74, 6) is 0. The molecule has 3 nitrogen and oxygen atoms in total. The van der Waals surface area contributed by atoms with Gasteiger partial charge in [-0.2, -0.15) is 26.7 Å². The Kier molecular flexibility index (Phi) is 6.01. The van der Waals surface area contributed by atoms with Gasteiger partial charge in [-0.1, -0.05) is 60.7 Å². The highest BCUT2D eigenvalue weighted by Crippen LogP contribution is 2.03. The maximum absolute atomic E-state index is 3.88. The molecule has 0 atom stereocenters. The summed E-state index contributed by atoms with van der Waals surface area (Å²) in [5, 5.41) is 14.4. The summed E-state index contributed by atoms with van der Waals surface area (Å²) in [6.45, 7) is 0. The summed E-state index contributed by atoms with van der Waals surface area (Å²) >= 11 is 1.71. The SMILES string of the molecule is c1ccc2n[nH]nc2c1.c1ccccc1.c1ccsc1. The molecule has 20 heavy (non-hydrogen) atoms. The molecule has 0 bridgehead atoms. The first kappa shape index (κ1) is 14.0. The van der Waals surface area contributed by atoms with Gasteiger partial charge in [-0.15, -0.1) is 0 Å². The number of thiophene rings is 1. The fraction of sp³-hybridized carbons (Fsp3) is 0. The fourth-order valence-electron chi connectivity index (χ4n) is 1.40. The quantitative estimate of drug-likeness (QED) is 0.519. The predicted octanol–water partition coefficient (Wildman–Crippen LogP) is 4.39. The molecule has 0 amide bonds. The average molecular weight is 281 g/mol. The number of nitrogens with zero attached hydrogens (tertiary/aromatic N) is 2. The summed E-state index contributed by atoms with van der Waals surface area (Å²) in [4.78, 5) is 0. The van der Waals surface area contributed by atoms with E-state index in [1.807, 2.05) is 83.6 Å². The van der Waals surface area contributed by atoms with Gasteiger partial charge in [0.25, 0.3) is 0 Å². The topological polar surface area (TPSA) is 41.6 Å². The van der Waals surface area contributed by atoms with E-state index >= 15 is 0 Å². The Morgan fingerprint density at radius 1 is 0.600 bits per heavy atom. The van der Waals surface area contributed by atoms with E-state index in [0.717, 1.165) is 11.0 Å². The number of benzene rings is 2. The van der Waals surface area contributed by atoms with Gasteiger partial charge in [-0.25, -0.2) is 0 Å². The molecule has 4 aromatic rings. The standard InChI is InChI=1S/C6H5N3.C6H6.C4H4S/c1-2-4-6-5(3-1)7-9-8-6;1-2-4-6-5-3-1;1-2-4-5-3-1/h1-4H,(H,7,8,9);1-6H;1-4H. The maximum Gasteiger partial charge on any atom is 0.112 e. The second-order valence-electron chi connectivity index (χ2n) is 3.76. The van der Waals surface area contributed by atoms with Crippen LogP contribution in [0.1, 0.15) is 0 Å². The average Bonchev–Trinajstić information content (AvgIpc) is 3.24. The van der Waals surface area contributed by atoms with Crippen LogP contribution in [0.25, 0.3) is 11.0 Å². The van der Waals surface area contributed by atoms with Crippen LogP contribution in [0.5, 0.6) is 0 Å². The van der Waals surface area contributed by atoms with Crippen LogP contribution in [0, 0.1) is 0 Å². The number of nitrogens with one attached hydrogen (secondary N) is 1. The molecule has 0 saturated carbocycles. The summed E-state index contributed by atoms with van der Waals surface area (Å²) in [6.07, 6.45) is 0. The summed E-state index contributed by atoms with van der Waals surface area (Å²) in [6, 6.07) is 23.7. The van der Waals surface area contributed by atoms with Crippen LogP contribution in [0.2, 0.25) is 0 Å². The minimum absolute atomic E-state index is 0.914. The largest absolute Gasteiger partial charge is 0.197 e. The van der Waals surface area contributed by atoms with Gasteiger partial charge in [-0.05, 0) is 22.9 Å². The highest BCUT2D eigenvalue weighted by Gasteiger charge is 1.90. The number of fused-ring (bicyclic) bond motifs is 1. The van der Waals surface area contributed by atoms with E-state index < -0.39 is 0 Å². The van der Waals surface area contributed by atoms with Crippen molar-refractivity contribution >= 4 is 22.4 Å². The molecule has 0 aliphatic rings. The third-order valence-electron chi connectivity index (χ3n) is 2.31. The van der Waals surface area contributed by atoms with E-state index in [9.17, 15) is 0 Å². The van der Waals surface area contributed by atoms with Crippen molar-refractivity contribution in [2.75, 3.05) is 0 Å². The molecule has 2 aromatic heterocycles. The van der Waals surface area contributed by atoms with Gasteiger partial charge < -0.3 is 0 Å². The van der Waals surface area contributed by atoms with Crippen LogP contribution in [0.15, 0.2) is 83.6 Å². The molecular formula is C16H15N3S. The van der Waals surface area contributed by atoms with Crippen LogP contribution >= 0.6 is 11.3 Å². The van der Waals surface area contributed by atoms with Crippen molar-refractivity contribution in [3.8, 4) is 0 Å². The zero-order valence-corrected chi connectivity index (χ0v) is 11.7. The van der Waals surface area contributed by atoms with E-state index in [1.54, 1.807) is 11.3 Å². The number of aromatic nitrogens is 3. The number of para-hydroxylation sites is 2. The molecule has 0 unspecified atom stereocenters. The van der Waals surface area contributed by atoms with E-state index in [-0.39, 0.29) is 0 Å². The molecule has 4 heteroatoms. The van der Waals surface area contributed by atoms with Crippen molar-refractivity contribution < 1.29 is 0 Å². The zero-order chi connectivity index (χ0) is 13.9. The van der Waals surface area contributed by atoms with E-state index in [1.165, 1.54) is 0 Å². The van der Waals surface area contributed by atoms with E-state index in [2.05, 4.69) is 15.4 Å². The van der Waals surface area contributed by atoms with Gasteiger partial charge in [0.05, 0.1) is 0 Å². The lowest BCUT2D eigenvalue weighted by Crippen LogP contribution is -1.63. The molecule has 4 rings (SSSR count). The second-order valence-corrected chi connectivity index (χ2v) is 4.58. The first-order chi connectivity index (χ1) is 9.97. The molecular weight excluding hydrogens is 266 g/mol. The van der Waals surface area contributed by atoms with Crippen molar-refractivity contribution in [2.24, 2.45) is 0 Å². The second kappa shape index (κ2) is 8.61.